The standard InChI is InChI=1S/C26H32N6O/c1-18-22-11-12-24(33)32(15-13-20-8-5-4-6-9-20)26(22)29-25(28-18)23-10-7-14-31(23)17-21-16-27-30(3)19(21)2/h4-6,8-9,16,23H,7,10-15,17H2,1-3H3/t23-/m1/s1. The first-order valence-electron chi connectivity index (χ1n) is 11.9. The predicted octanol–water partition coefficient (Wildman–Crippen LogP) is 3.69. The van der Waals surface area contributed by atoms with Gasteiger partial charge < -0.3 is 0 Å². The normalized spacial score (nSPS) is 18.7. The van der Waals surface area contributed by atoms with E-state index in [0.29, 0.717) is 13.0 Å². The molecule has 33 heavy (non-hydrogen) atoms. The lowest BCUT2D eigenvalue weighted by Crippen LogP contribution is -2.38. The van der Waals surface area contributed by atoms with Gasteiger partial charge in [-0.2, -0.15) is 5.10 Å². The van der Waals surface area contributed by atoms with Crippen molar-refractivity contribution in [1.29, 1.82) is 0 Å². The van der Waals surface area contributed by atoms with Gasteiger partial charge in [0.2, 0.25) is 5.91 Å². The van der Waals surface area contributed by atoms with Crippen molar-refractivity contribution in [2.24, 2.45) is 7.05 Å². The average Bonchev–Trinajstić information content (AvgIpc) is 3.41. The quantitative estimate of drug-likeness (QED) is 0.580. The van der Waals surface area contributed by atoms with Gasteiger partial charge in [-0.25, -0.2) is 9.97 Å². The van der Waals surface area contributed by atoms with Crippen LogP contribution >= 0.6 is 0 Å². The Morgan fingerprint density at radius 1 is 1.09 bits per heavy atom. The van der Waals surface area contributed by atoms with E-state index in [1.165, 1.54) is 16.8 Å². The number of nitrogens with zero attached hydrogens (tertiary/aromatic N) is 6. The Kier molecular flexibility index (Phi) is 5.98. The van der Waals surface area contributed by atoms with Gasteiger partial charge in [-0.1, -0.05) is 30.3 Å². The Bertz CT molecular complexity index is 1160. The van der Waals surface area contributed by atoms with Crippen molar-refractivity contribution in [1.82, 2.24) is 24.6 Å². The molecule has 3 aromatic rings. The molecule has 0 spiro atoms. The third-order valence-electron chi connectivity index (χ3n) is 7.19. The number of aryl methyl sites for hydroxylation is 2. The van der Waals surface area contributed by atoms with E-state index < -0.39 is 0 Å². The van der Waals surface area contributed by atoms with Crippen molar-refractivity contribution < 1.29 is 4.79 Å². The molecule has 0 saturated carbocycles. The summed E-state index contributed by atoms with van der Waals surface area (Å²) in [6.45, 7) is 6.70. The van der Waals surface area contributed by atoms with Gasteiger partial charge in [0, 0.05) is 49.1 Å². The molecule has 0 aliphatic carbocycles. The zero-order valence-electron chi connectivity index (χ0n) is 19.8. The lowest BCUT2D eigenvalue weighted by atomic mass is 10.0. The van der Waals surface area contributed by atoms with Gasteiger partial charge in [-0.05, 0) is 51.6 Å². The molecular formula is C26H32N6O. The molecule has 1 aromatic carbocycles. The maximum absolute atomic E-state index is 12.9. The summed E-state index contributed by atoms with van der Waals surface area (Å²) in [4.78, 5) is 27.3. The van der Waals surface area contributed by atoms with Gasteiger partial charge in [0.05, 0.1) is 12.2 Å². The molecule has 0 bridgehead atoms. The molecular weight excluding hydrogens is 412 g/mol. The number of carbonyl (C=O) groups is 1. The lowest BCUT2D eigenvalue weighted by molar-refractivity contribution is -0.118. The van der Waals surface area contributed by atoms with Gasteiger partial charge in [-0.3, -0.25) is 19.3 Å². The van der Waals surface area contributed by atoms with Crippen molar-refractivity contribution in [3.63, 3.8) is 0 Å². The molecule has 1 fully saturated rings. The molecule has 7 nitrogen and oxygen atoms in total. The van der Waals surface area contributed by atoms with Crippen LogP contribution in [-0.4, -0.2) is 43.6 Å². The Morgan fingerprint density at radius 2 is 1.91 bits per heavy atom. The maximum atomic E-state index is 12.9. The molecule has 7 heteroatoms. The van der Waals surface area contributed by atoms with E-state index in [4.69, 9.17) is 9.97 Å². The van der Waals surface area contributed by atoms with Crippen molar-refractivity contribution in [2.45, 2.75) is 58.5 Å². The van der Waals surface area contributed by atoms with Crippen LogP contribution < -0.4 is 4.90 Å². The second-order valence-electron chi connectivity index (χ2n) is 9.26. The smallest absolute Gasteiger partial charge is 0.228 e. The summed E-state index contributed by atoms with van der Waals surface area (Å²) < 4.78 is 1.93. The van der Waals surface area contributed by atoms with Crippen LogP contribution in [0, 0.1) is 13.8 Å². The van der Waals surface area contributed by atoms with Crippen LogP contribution in [0.4, 0.5) is 5.82 Å². The van der Waals surface area contributed by atoms with Gasteiger partial charge in [0.25, 0.3) is 0 Å². The number of aromatic nitrogens is 4. The van der Waals surface area contributed by atoms with E-state index in [0.717, 1.165) is 61.7 Å². The first kappa shape index (κ1) is 21.8. The average molecular weight is 445 g/mol. The number of rotatable bonds is 6. The summed E-state index contributed by atoms with van der Waals surface area (Å²) in [5, 5.41) is 4.41. The molecule has 0 unspecified atom stereocenters. The molecule has 1 saturated heterocycles. The van der Waals surface area contributed by atoms with Crippen molar-refractivity contribution in [2.75, 3.05) is 18.0 Å². The highest BCUT2D eigenvalue weighted by Gasteiger charge is 2.33. The number of likely N-dealkylation sites (tertiary alicyclic amines) is 1. The summed E-state index contributed by atoms with van der Waals surface area (Å²) in [7, 11) is 1.98. The first-order valence-corrected chi connectivity index (χ1v) is 11.9. The van der Waals surface area contributed by atoms with Crippen molar-refractivity contribution in [3.8, 4) is 0 Å². The number of benzene rings is 1. The largest absolute Gasteiger partial charge is 0.296 e. The molecule has 1 amide bonds. The molecule has 5 rings (SSSR count). The van der Waals surface area contributed by atoms with Crippen LogP contribution in [0.2, 0.25) is 0 Å². The monoisotopic (exact) mass is 444 g/mol. The van der Waals surface area contributed by atoms with Gasteiger partial charge in [0.1, 0.15) is 11.6 Å². The topological polar surface area (TPSA) is 67.2 Å². The number of anilines is 1. The molecule has 2 aliphatic rings. The number of fused-ring (bicyclic) bond motifs is 1. The Morgan fingerprint density at radius 3 is 2.67 bits per heavy atom. The summed E-state index contributed by atoms with van der Waals surface area (Å²) >= 11 is 0. The number of carbonyl (C=O) groups excluding carboxylic acids is 1. The fourth-order valence-electron chi connectivity index (χ4n) is 5.09. The van der Waals surface area contributed by atoms with E-state index in [1.54, 1.807) is 0 Å². The summed E-state index contributed by atoms with van der Waals surface area (Å²) in [6, 6.07) is 10.5. The third kappa shape index (κ3) is 4.29. The molecule has 1 atom stereocenters. The van der Waals surface area contributed by atoms with E-state index in [9.17, 15) is 4.79 Å². The fourth-order valence-corrected chi connectivity index (χ4v) is 5.09. The molecule has 0 radical (unpaired) electrons. The first-order chi connectivity index (χ1) is 16.0. The second-order valence-corrected chi connectivity index (χ2v) is 9.26. The van der Waals surface area contributed by atoms with E-state index in [1.807, 2.05) is 41.0 Å². The minimum Gasteiger partial charge on any atom is -0.296 e. The molecule has 2 aliphatic heterocycles. The lowest BCUT2D eigenvalue weighted by Gasteiger charge is -2.31. The Balaban J connectivity index is 1.42. The maximum Gasteiger partial charge on any atom is 0.228 e. The van der Waals surface area contributed by atoms with Crippen molar-refractivity contribution >= 4 is 11.7 Å². The fraction of sp³-hybridized carbons (Fsp3) is 0.462. The zero-order chi connectivity index (χ0) is 22.9. The molecule has 2 aromatic heterocycles. The highest BCUT2D eigenvalue weighted by atomic mass is 16.2. The summed E-state index contributed by atoms with van der Waals surface area (Å²) in [6.07, 6.45) is 6.20. The van der Waals surface area contributed by atoms with Gasteiger partial charge >= 0.3 is 0 Å². The second kappa shape index (κ2) is 9.06. The minimum atomic E-state index is 0.164. The third-order valence-corrected chi connectivity index (χ3v) is 7.19. The van der Waals surface area contributed by atoms with E-state index in [2.05, 4.69) is 36.0 Å². The van der Waals surface area contributed by atoms with E-state index >= 15 is 0 Å². The number of hydrogen-bond donors (Lipinski definition) is 0. The van der Waals surface area contributed by atoms with E-state index in [-0.39, 0.29) is 11.9 Å². The van der Waals surface area contributed by atoms with Crippen LogP contribution in [0.15, 0.2) is 36.5 Å². The van der Waals surface area contributed by atoms with Crippen LogP contribution in [-0.2, 0) is 31.2 Å². The zero-order valence-corrected chi connectivity index (χ0v) is 19.8. The predicted molar refractivity (Wildman–Crippen MR) is 128 cm³/mol. The Hall–Kier alpha value is -3.06. The van der Waals surface area contributed by atoms with Crippen molar-refractivity contribution in [3.05, 3.63) is 70.4 Å². The summed E-state index contributed by atoms with van der Waals surface area (Å²) in [5.41, 5.74) is 5.81. The highest BCUT2D eigenvalue weighted by Crippen LogP contribution is 2.35. The van der Waals surface area contributed by atoms with Crippen LogP contribution in [0.3, 0.4) is 0 Å². The molecule has 172 valence electrons. The van der Waals surface area contributed by atoms with Crippen LogP contribution in [0.5, 0.6) is 0 Å². The number of amides is 1. The number of hydrogen-bond acceptors (Lipinski definition) is 5. The van der Waals surface area contributed by atoms with Gasteiger partial charge in [0.15, 0.2) is 0 Å². The van der Waals surface area contributed by atoms with Gasteiger partial charge in [-0.15, -0.1) is 0 Å². The van der Waals surface area contributed by atoms with Crippen LogP contribution in [0.25, 0.3) is 0 Å². The highest BCUT2D eigenvalue weighted by molar-refractivity contribution is 5.95. The molecule has 0 N–H and O–H groups in total. The minimum absolute atomic E-state index is 0.164. The summed E-state index contributed by atoms with van der Waals surface area (Å²) in [5.74, 6) is 1.84. The van der Waals surface area contributed by atoms with Crippen LogP contribution in [0.1, 0.15) is 59.2 Å². The Labute approximate surface area is 195 Å². The molecule has 4 heterocycles. The SMILES string of the molecule is Cc1nc([C@H]2CCCN2Cc2cnn(C)c2C)nc2c1CCC(=O)N2CCc1ccccc1.